The lowest BCUT2D eigenvalue weighted by atomic mass is 10.2. The second-order valence-corrected chi connectivity index (χ2v) is 8.65. The molecule has 1 saturated heterocycles. The molecule has 2 aromatic rings. The summed E-state index contributed by atoms with van der Waals surface area (Å²) in [5, 5.41) is 0.392. The smallest absolute Gasteiger partial charge is 0.243 e. The fourth-order valence-corrected chi connectivity index (χ4v) is 4.56. The maximum atomic E-state index is 13.1. The average Bonchev–Trinajstić information content (AvgIpc) is 2.68. The normalized spacial score (nSPS) is 15.7. The van der Waals surface area contributed by atoms with Crippen LogP contribution in [0.4, 0.5) is 10.1 Å². The third-order valence-electron chi connectivity index (χ3n) is 4.43. The van der Waals surface area contributed by atoms with E-state index in [9.17, 15) is 12.8 Å². The number of halogens is 2. The maximum Gasteiger partial charge on any atom is 0.243 e. The van der Waals surface area contributed by atoms with Crippen molar-refractivity contribution in [3.63, 3.8) is 0 Å². The van der Waals surface area contributed by atoms with Gasteiger partial charge in [-0.3, -0.25) is 0 Å². The molecule has 0 aliphatic carbocycles. The molecule has 5 nitrogen and oxygen atoms in total. The molecule has 0 spiro atoms. The van der Waals surface area contributed by atoms with Gasteiger partial charge < -0.3 is 9.64 Å². The summed E-state index contributed by atoms with van der Waals surface area (Å²) in [5.74, 6) is 0.0911. The van der Waals surface area contributed by atoms with Gasteiger partial charge in [0.2, 0.25) is 10.0 Å². The number of nitrogens with zero attached hydrogens (tertiary/aromatic N) is 2. The van der Waals surface area contributed by atoms with E-state index >= 15 is 0 Å². The van der Waals surface area contributed by atoms with Crippen molar-refractivity contribution < 1.29 is 17.5 Å². The molecule has 1 aliphatic rings. The van der Waals surface area contributed by atoms with Gasteiger partial charge in [-0.05, 0) is 42.8 Å². The number of hydrogen-bond donors (Lipinski definition) is 0. The van der Waals surface area contributed by atoms with Crippen molar-refractivity contribution in [2.45, 2.75) is 18.2 Å². The number of hydrogen-bond acceptors (Lipinski definition) is 4. The molecule has 27 heavy (non-hydrogen) atoms. The fraction of sp³-hybridized carbons (Fsp3) is 0.368. The summed E-state index contributed by atoms with van der Waals surface area (Å²) in [4.78, 5) is 2.22. The maximum absolute atomic E-state index is 13.1. The Hall–Kier alpha value is -1.83. The van der Waals surface area contributed by atoms with Crippen molar-refractivity contribution in [3.8, 4) is 5.75 Å². The number of rotatable bonds is 6. The Morgan fingerprint density at radius 3 is 2.37 bits per heavy atom. The second kappa shape index (κ2) is 8.46. The first-order chi connectivity index (χ1) is 12.9. The molecule has 1 aliphatic heterocycles. The first kappa shape index (κ1) is 19.9. The lowest BCUT2D eigenvalue weighted by molar-refractivity contribution is 0.316. The molecule has 0 radical (unpaired) electrons. The Balaban J connectivity index is 1.72. The van der Waals surface area contributed by atoms with E-state index in [-0.39, 0.29) is 10.7 Å². The predicted molar refractivity (Wildman–Crippen MR) is 105 cm³/mol. The third kappa shape index (κ3) is 4.54. The van der Waals surface area contributed by atoms with Gasteiger partial charge in [-0.25, -0.2) is 12.8 Å². The molecule has 146 valence electrons. The monoisotopic (exact) mass is 412 g/mol. The molecule has 2 aromatic carbocycles. The highest BCUT2D eigenvalue weighted by atomic mass is 35.5. The topological polar surface area (TPSA) is 49.9 Å². The van der Waals surface area contributed by atoms with Gasteiger partial charge in [-0.2, -0.15) is 4.31 Å². The highest BCUT2D eigenvalue weighted by Crippen LogP contribution is 2.29. The van der Waals surface area contributed by atoms with Crippen molar-refractivity contribution in [2.24, 2.45) is 0 Å². The van der Waals surface area contributed by atoms with Gasteiger partial charge in [0, 0.05) is 37.9 Å². The molecule has 3 rings (SSSR count). The van der Waals surface area contributed by atoms with E-state index in [4.69, 9.17) is 16.3 Å². The standard InChI is InChI=1S/C19H22ClFN2O3S/c1-2-13-26-19-14-17(7-8-18(19)20)27(24,25)23-11-9-22(10-12-23)16-5-3-15(21)4-6-16/h3-8,14H,2,9-13H2,1H3. The summed E-state index contributed by atoms with van der Waals surface area (Å²) in [6.45, 7) is 4.23. The molecule has 0 aromatic heterocycles. The molecular weight excluding hydrogens is 391 g/mol. The summed E-state index contributed by atoms with van der Waals surface area (Å²) in [5.41, 5.74) is 0.884. The Kier molecular flexibility index (Phi) is 6.24. The summed E-state index contributed by atoms with van der Waals surface area (Å²) in [6, 6.07) is 10.8. The van der Waals surface area contributed by atoms with Crippen molar-refractivity contribution in [2.75, 3.05) is 37.7 Å². The number of benzene rings is 2. The molecule has 8 heteroatoms. The van der Waals surface area contributed by atoms with Crippen LogP contribution in [0.5, 0.6) is 5.75 Å². The second-order valence-electron chi connectivity index (χ2n) is 6.31. The fourth-order valence-electron chi connectivity index (χ4n) is 2.95. The Morgan fingerprint density at radius 2 is 1.74 bits per heavy atom. The lowest BCUT2D eigenvalue weighted by Gasteiger charge is -2.35. The zero-order valence-electron chi connectivity index (χ0n) is 15.1. The van der Waals surface area contributed by atoms with E-state index in [1.54, 1.807) is 18.2 Å². The largest absolute Gasteiger partial charge is 0.492 e. The predicted octanol–water partition coefficient (Wildman–Crippen LogP) is 3.78. The van der Waals surface area contributed by atoms with Gasteiger partial charge in [0.1, 0.15) is 11.6 Å². The highest BCUT2D eigenvalue weighted by Gasteiger charge is 2.29. The Labute approximate surface area is 164 Å². The molecule has 0 N–H and O–H groups in total. The average molecular weight is 413 g/mol. The van der Waals surface area contributed by atoms with Crippen LogP contribution in [0.2, 0.25) is 5.02 Å². The van der Waals surface area contributed by atoms with Crippen LogP contribution in [0.1, 0.15) is 13.3 Å². The first-order valence-corrected chi connectivity index (χ1v) is 10.7. The van der Waals surface area contributed by atoms with Gasteiger partial charge in [0.25, 0.3) is 0 Å². The zero-order chi connectivity index (χ0) is 19.4. The molecule has 0 amide bonds. The van der Waals surface area contributed by atoms with Crippen LogP contribution in [-0.4, -0.2) is 45.5 Å². The van der Waals surface area contributed by atoms with E-state index in [1.165, 1.54) is 28.6 Å². The quantitative estimate of drug-likeness (QED) is 0.724. The van der Waals surface area contributed by atoms with Crippen molar-refractivity contribution in [3.05, 3.63) is 53.3 Å². The summed E-state index contributed by atoms with van der Waals surface area (Å²) in [7, 11) is -3.63. The summed E-state index contributed by atoms with van der Waals surface area (Å²) < 4.78 is 46.0. The van der Waals surface area contributed by atoms with Crippen molar-refractivity contribution >= 4 is 27.3 Å². The molecule has 0 saturated carbocycles. The number of ether oxygens (including phenoxy) is 1. The Morgan fingerprint density at radius 1 is 1.07 bits per heavy atom. The van der Waals surface area contributed by atoms with Crippen LogP contribution in [0, 0.1) is 5.82 Å². The van der Waals surface area contributed by atoms with Crippen LogP contribution < -0.4 is 9.64 Å². The van der Waals surface area contributed by atoms with Gasteiger partial charge >= 0.3 is 0 Å². The number of sulfonamides is 1. The minimum absolute atomic E-state index is 0.174. The van der Waals surface area contributed by atoms with Crippen LogP contribution in [0.15, 0.2) is 47.4 Å². The van der Waals surface area contributed by atoms with Crippen LogP contribution in [0.3, 0.4) is 0 Å². The number of piperazine rings is 1. The summed E-state index contributed by atoms with van der Waals surface area (Å²) >= 11 is 6.10. The molecule has 0 unspecified atom stereocenters. The molecule has 1 heterocycles. The van der Waals surface area contributed by atoms with E-state index in [2.05, 4.69) is 0 Å². The van der Waals surface area contributed by atoms with Crippen molar-refractivity contribution in [1.82, 2.24) is 4.31 Å². The van der Waals surface area contributed by atoms with Crippen molar-refractivity contribution in [1.29, 1.82) is 0 Å². The van der Waals surface area contributed by atoms with E-state index < -0.39 is 10.0 Å². The van der Waals surface area contributed by atoms with Gasteiger partial charge in [-0.15, -0.1) is 0 Å². The van der Waals surface area contributed by atoms with Crippen LogP contribution >= 0.6 is 11.6 Å². The molecule has 0 atom stereocenters. The van der Waals surface area contributed by atoms with Crippen LogP contribution in [-0.2, 0) is 10.0 Å². The minimum Gasteiger partial charge on any atom is -0.492 e. The van der Waals surface area contributed by atoms with Gasteiger partial charge in [0.05, 0.1) is 16.5 Å². The molecular formula is C19H22ClFN2O3S. The van der Waals surface area contributed by atoms with Crippen LogP contribution in [0.25, 0.3) is 0 Å². The molecule has 1 fully saturated rings. The zero-order valence-corrected chi connectivity index (χ0v) is 16.6. The minimum atomic E-state index is -3.63. The van der Waals surface area contributed by atoms with E-state index in [0.29, 0.717) is 43.6 Å². The number of anilines is 1. The summed E-state index contributed by atoms with van der Waals surface area (Å²) in [6.07, 6.45) is 0.804. The molecule has 0 bridgehead atoms. The van der Waals surface area contributed by atoms with Gasteiger partial charge in [-0.1, -0.05) is 18.5 Å². The SMILES string of the molecule is CCCOc1cc(S(=O)(=O)N2CCN(c3ccc(F)cc3)CC2)ccc1Cl. The first-order valence-electron chi connectivity index (χ1n) is 8.85. The van der Waals surface area contributed by atoms with E-state index in [0.717, 1.165) is 12.1 Å². The highest BCUT2D eigenvalue weighted by molar-refractivity contribution is 7.89. The third-order valence-corrected chi connectivity index (χ3v) is 6.64. The Bertz CT molecular complexity index is 882. The van der Waals surface area contributed by atoms with Gasteiger partial charge in [0.15, 0.2) is 0 Å². The lowest BCUT2D eigenvalue weighted by Crippen LogP contribution is -2.48. The van der Waals surface area contributed by atoms with E-state index in [1.807, 2.05) is 11.8 Å².